The zero-order chi connectivity index (χ0) is 22.0. The number of anilines is 1. The van der Waals surface area contributed by atoms with Crippen molar-refractivity contribution in [3.05, 3.63) is 52.2 Å². The van der Waals surface area contributed by atoms with Crippen molar-refractivity contribution in [2.75, 3.05) is 11.8 Å². The summed E-state index contributed by atoms with van der Waals surface area (Å²) in [5.74, 6) is 0.783. The second-order valence-corrected chi connectivity index (χ2v) is 9.92. The molecule has 0 amide bonds. The molecule has 1 saturated carbocycles. The molecule has 0 unspecified atom stereocenters. The van der Waals surface area contributed by atoms with E-state index in [2.05, 4.69) is 28.4 Å². The van der Waals surface area contributed by atoms with Crippen molar-refractivity contribution in [3.63, 3.8) is 0 Å². The molecule has 1 fully saturated rings. The number of unbranched alkanes of at least 4 members (excludes halogenated alkanes) is 1. The molecule has 6 nitrogen and oxygen atoms in total. The van der Waals surface area contributed by atoms with E-state index in [1.54, 1.807) is 19.2 Å². The molecule has 2 aliphatic carbocycles. The standard InChI is InChI=1S/C24H27N3O3S/c1-3-4-14-27-23-15-19(30-2)6-5-7-21(23)22(16-25)24(27)17-8-10-18(11-9-17)26-31(28,29)20-12-13-20/h6-11,15,20,26H,3-5,12-14H2,1-2H3. The molecule has 2 aliphatic rings. The van der Waals surface area contributed by atoms with Gasteiger partial charge in [0.15, 0.2) is 0 Å². The number of ether oxygens (including phenoxy) is 1. The van der Waals surface area contributed by atoms with Crippen molar-refractivity contribution in [1.82, 2.24) is 4.57 Å². The lowest BCUT2D eigenvalue weighted by molar-refractivity contribution is 0.312. The molecule has 0 bridgehead atoms. The van der Waals surface area contributed by atoms with Gasteiger partial charge in [-0.1, -0.05) is 31.6 Å². The molecule has 1 heterocycles. The Morgan fingerprint density at radius 1 is 1.23 bits per heavy atom. The summed E-state index contributed by atoms with van der Waals surface area (Å²) in [5.41, 5.74) is 2.94. The fourth-order valence-electron chi connectivity index (χ4n) is 3.93. The third-order valence-electron chi connectivity index (χ3n) is 5.73. The Morgan fingerprint density at radius 2 is 1.97 bits per heavy atom. The number of aromatic nitrogens is 1. The first kappa shape index (κ1) is 21.3. The van der Waals surface area contributed by atoms with E-state index in [-0.39, 0.29) is 5.25 Å². The maximum Gasteiger partial charge on any atom is 0.235 e. The van der Waals surface area contributed by atoms with Gasteiger partial charge in [-0.25, -0.2) is 8.42 Å². The molecular weight excluding hydrogens is 410 g/mol. The third kappa shape index (κ3) is 4.26. The van der Waals surface area contributed by atoms with Gasteiger partial charge in [0.2, 0.25) is 10.0 Å². The smallest absolute Gasteiger partial charge is 0.235 e. The number of benzene rings is 1. The predicted molar refractivity (Wildman–Crippen MR) is 123 cm³/mol. The van der Waals surface area contributed by atoms with Crippen molar-refractivity contribution in [3.8, 4) is 17.3 Å². The molecule has 1 N–H and O–H groups in total. The largest absolute Gasteiger partial charge is 0.497 e. The lowest BCUT2D eigenvalue weighted by Gasteiger charge is -2.12. The molecule has 31 heavy (non-hydrogen) atoms. The Bertz CT molecular complexity index is 1280. The van der Waals surface area contributed by atoms with Crippen LogP contribution in [-0.4, -0.2) is 25.3 Å². The zero-order valence-electron chi connectivity index (χ0n) is 17.9. The highest BCUT2D eigenvalue weighted by Gasteiger charge is 2.35. The number of hydrogen-bond acceptors (Lipinski definition) is 4. The van der Waals surface area contributed by atoms with Crippen LogP contribution in [0, 0.1) is 11.3 Å². The normalized spacial score (nSPS) is 15.6. The van der Waals surface area contributed by atoms with Gasteiger partial charge < -0.3 is 9.30 Å². The van der Waals surface area contributed by atoms with Crippen LogP contribution in [0.15, 0.2) is 36.1 Å². The molecule has 2 aromatic rings. The second-order valence-electron chi connectivity index (χ2n) is 7.96. The van der Waals surface area contributed by atoms with E-state index in [4.69, 9.17) is 4.74 Å². The van der Waals surface area contributed by atoms with E-state index in [0.717, 1.165) is 59.8 Å². The number of nitrogens with one attached hydrogen (secondary N) is 1. The second kappa shape index (κ2) is 8.64. The minimum absolute atomic E-state index is 0.270. The molecule has 0 aliphatic heterocycles. The highest BCUT2D eigenvalue weighted by Crippen LogP contribution is 2.30. The number of sulfonamides is 1. The summed E-state index contributed by atoms with van der Waals surface area (Å²) in [6.07, 6.45) is 10.2. The van der Waals surface area contributed by atoms with E-state index in [1.807, 2.05) is 24.3 Å². The van der Waals surface area contributed by atoms with Crippen molar-refractivity contribution < 1.29 is 13.2 Å². The van der Waals surface area contributed by atoms with Crippen molar-refractivity contribution in [2.24, 2.45) is 0 Å². The van der Waals surface area contributed by atoms with Gasteiger partial charge in [-0.15, -0.1) is 0 Å². The maximum absolute atomic E-state index is 12.2. The summed E-state index contributed by atoms with van der Waals surface area (Å²) >= 11 is 0. The first-order valence-electron chi connectivity index (χ1n) is 10.7. The van der Waals surface area contributed by atoms with Gasteiger partial charge in [-0.2, -0.15) is 5.26 Å². The van der Waals surface area contributed by atoms with Crippen LogP contribution in [0.2, 0.25) is 0 Å². The van der Waals surface area contributed by atoms with Crippen molar-refractivity contribution in [2.45, 2.75) is 50.8 Å². The molecular formula is C24H27N3O3S. The van der Waals surface area contributed by atoms with Gasteiger partial charge in [0.1, 0.15) is 11.8 Å². The molecule has 162 valence electrons. The van der Waals surface area contributed by atoms with Crippen LogP contribution in [0.25, 0.3) is 23.4 Å². The average Bonchev–Trinajstić information content (AvgIpc) is 3.59. The van der Waals surface area contributed by atoms with E-state index < -0.39 is 10.0 Å². The van der Waals surface area contributed by atoms with Crippen LogP contribution in [-0.2, 0) is 21.3 Å². The molecule has 4 rings (SSSR count). The number of nitriles is 1. The fourth-order valence-corrected chi connectivity index (χ4v) is 5.32. The molecule has 0 saturated heterocycles. The molecule has 0 spiro atoms. The van der Waals surface area contributed by atoms with Gasteiger partial charge in [0, 0.05) is 23.5 Å². The molecule has 0 atom stereocenters. The lowest BCUT2D eigenvalue weighted by Crippen LogP contribution is -2.30. The summed E-state index contributed by atoms with van der Waals surface area (Å²) in [4.78, 5) is 0. The van der Waals surface area contributed by atoms with Gasteiger partial charge in [0.25, 0.3) is 0 Å². The van der Waals surface area contributed by atoms with Crippen LogP contribution >= 0.6 is 0 Å². The number of methoxy groups -OCH3 is 1. The Balaban J connectivity index is 1.82. The number of nitrogens with zero attached hydrogens (tertiary/aromatic N) is 2. The number of allylic oxidation sites excluding steroid dienone is 2. The summed E-state index contributed by atoms with van der Waals surface area (Å²) in [7, 11) is -1.65. The van der Waals surface area contributed by atoms with Crippen LogP contribution in [0.1, 0.15) is 44.6 Å². The molecule has 0 radical (unpaired) electrons. The number of hydrogen-bond donors (Lipinski definition) is 1. The first-order chi connectivity index (χ1) is 15.0. The minimum Gasteiger partial charge on any atom is -0.497 e. The summed E-state index contributed by atoms with van der Waals surface area (Å²) in [6, 6.07) is 9.72. The minimum atomic E-state index is -3.30. The van der Waals surface area contributed by atoms with Crippen LogP contribution in [0.4, 0.5) is 5.69 Å². The fraction of sp³-hybridized carbons (Fsp3) is 0.375. The van der Waals surface area contributed by atoms with E-state index in [0.29, 0.717) is 17.7 Å². The van der Waals surface area contributed by atoms with Crippen molar-refractivity contribution in [1.29, 1.82) is 5.26 Å². The zero-order valence-corrected chi connectivity index (χ0v) is 18.7. The van der Waals surface area contributed by atoms with Gasteiger partial charge in [-0.3, -0.25) is 4.72 Å². The van der Waals surface area contributed by atoms with Crippen LogP contribution in [0.5, 0.6) is 0 Å². The number of rotatable bonds is 8. The Kier molecular flexibility index (Phi) is 5.92. The van der Waals surface area contributed by atoms with Crippen molar-refractivity contribution >= 4 is 27.9 Å². The lowest BCUT2D eigenvalue weighted by atomic mass is 10.1. The Morgan fingerprint density at radius 3 is 2.58 bits per heavy atom. The van der Waals surface area contributed by atoms with Gasteiger partial charge in [-0.05, 0) is 49.5 Å². The maximum atomic E-state index is 12.2. The molecule has 1 aromatic carbocycles. The average molecular weight is 438 g/mol. The first-order valence-corrected chi connectivity index (χ1v) is 12.2. The third-order valence-corrected chi connectivity index (χ3v) is 7.60. The van der Waals surface area contributed by atoms with Crippen LogP contribution in [0.3, 0.4) is 0 Å². The molecule has 1 aromatic heterocycles. The van der Waals surface area contributed by atoms with E-state index in [1.165, 1.54) is 0 Å². The Labute approximate surface area is 183 Å². The van der Waals surface area contributed by atoms with Gasteiger partial charge in [0.05, 0.1) is 29.0 Å². The highest BCUT2D eigenvalue weighted by molar-refractivity contribution is 7.93. The molecule has 7 heteroatoms. The highest BCUT2D eigenvalue weighted by atomic mass is 32.2. The Hall–Kier alpha value is -2.98. The predicted octanol–water partition coefficient (Wildman–Crippen LogP) is 3.23. The van der Waals surface area contributed by atoms with Gasteiger partial charge >= 0.3 is 0 Å². The number of fused-ring (bicyclic) bond motifs is 1. The van der Waals surface area contributed by atoms with E-state index >= 15 is 0 Å². The summed E-state index contributed by atoms with van der Waals surface area (Å²) in [6.45, 7) is 2.93. The topological polar surface area (TPSA) is 84.1 Å². The van der Waals surface area contributed by atoms with Crippen LogP contribution < -0.4 is 15.3 Å². The monoisotopic (exact) mass is 437 g/mol. The summed E-state index contributed by atoms with van der Waals surface area (Å²) < 4.78 is 34.8. The quantitative estimate of drug-likeness (QED) is 0.687. The summed E-state index contributed by atoms with van der Waals surface area (Å²) in [5, 5.41) is 11.7. The SMILES string of the molecule is CCCCn1c(-c2ccc(NS(=O)(=O)C3CC3)cc2)c(C#N)c2c1=CC(OC)=CCC=2. The van der Waals surface area contributed by atoms with E-state index in [9.17, 15) is 13.7 Å².